The maximum atomic E-state index is 13.7. The van der Waals surface area contributed by atoms with Gasteiger partial charge in [0.05, 0.1) is 4.47 Å². The highest BCUT2D eigenvalue weighted by Gasteiger charge is 2.29. The van der Waals surface area contributed by atoms with E-state index in [9.17, 15) is 4.39 Å². The van der Waals surface area contributed by atoms with E-state index in [0.717, 1.165) is 11.8 Å². The molecule has 2 saturated carbocycles. The third-order valence-electron chi connectivity index (χ3n) is 5.34. The van der Waals surface area contributed by atoms with Crippen molar-refractivity contribution in [3.8, 4) is 0 Å². The molecule has 0 amide bonds. The Morgan fingerprint density at radius 1 is 0.900 bits per heavy atom. The molecule has 0 aromatic heterocycles. The molecule has 1 radical (unpaired) electrons. The second-order valence-corrected chi connectivity index (χ2v) is 7.34. The van der Waals surface area contributed by atoms with Crippen LogP contribution in [0.4, 0.5) is 4.39 Å². The van der Waals surface area contributed by atoms with Crippen molar-refractivity contribution >= 4 is 15.9 Å². The summed E-state index contributed by atoms with van der Waals surface area (Å²) in [7, 11) is 0. The van der Waals surface area contributed by atoms with Crippen LogP contribution < -0.4 is 0 Å². The van der Waals surface area contributed by atoms with Gasteiger partial charge in [-0.15, -0.1) is 0 Å². The van der Waals surface area contributed by atoms with Crippen molar-refractivity contribution in [2.24, 2.45) is 11.8 Å². The Hall–Kier alpha value is -0.370. The lowest BCUT2D eigenvalue weighted by Crippen LogP contribution is -2.23. The molecule has 1 aromatic rings. The summed E-state index contributed by atoms with van der Waals surface area (Å²) in [4.78, 5) is 0. The van der Waals surface area contributed by atoms with Gasteiger partial charge >= 0.3 is 0 Å². The zero-order valence-corrected chi connectivity index (χ0v) is 13.5. The Kier molecular flexibility index (Phi) is 4.80. The van der Waals surface area contributed by atoms with Gasteiger partial charge < -0.3 is 0 Å². The van der Waals surface area contributed by atoms with Crippen LogP contribution in [0.5, 0.6) is 0 Å². The van der Waals surface area contributed by atoms with E-state index in [4.69, 9.17) is 0 Å². The predicted octanol–water partition coefficient (Wildman–Crippen LogP) is 6.26. The topological polar surface area (TPSA) is 0 Å². The molecule has 0 spiro atoms. The molecule has 20 heavy (non-hydrogen) atoms. The number of benzene rings is 1. The molecule has 0 bridgehead atoms. The Morgan fingerprint density at radius 3 is 2.20 bits per heavy atom. The minimum Gasteiger partial charge on any atom is -0.206 e. The van der Waals surface area contributed by atoms with E-state index < -0.39 is 0 Å². The average molecular weight is 338 g/mol. The highest BCUT2D eigenvalue weighted by molar-refractivity contribution is 9.10. The van der Waals surface area contributed by atoms with Gasteiger partial charge in [-0.3, -0.25) is 0 Å². The molecule has 0 atom stereocenters. The molecular weight excluding hydrogens is 315 g/mol. The maximum Gasteiger partial charge on any atom is 0.137 e. The van der Waals surface area contributed by atoms with E-state index >= 15 is 0 Å². The van der Waals surface area contributed by atoms with Crippen molar-refractivity contribution in [3.05, 3.63) is 40.5 Å². The first-order chi connectivity index (χ1) is 9.74. The Labute approximate surface area is 130 Å². The van der Waals surface area contributed by atoms with E-state index in [2.05, 4.69) is 28.4 Å². The minimum atomic E-state index is -0.118. The number of hydrogen-bond acceptors (Lipinski definition) is 0. The van der Waals surface area contributed by atoms with E-state index in [1.807, 2.05) is 6.07 Å². The van der Waals surface area contributed by atoms with Gasteiger partial charge in [0.25, 0.3) is 0 Å². The second kappa shape index (κ2) is 6.60. The van der Waals surface area contributed by atoms with Crippen LogP contribution in [0.3, 0.4) is 0 Å². The van der Waals surface area contributed by atoms with Crippen LogP contribution in [0.15, 0.2) is 22.7 Å². The first-order valence-corrected chi connectivity index (χ1v) is 8.80. The fraction of sp³-hybridized carbons (Fsp3) is 0.611. The summed E-state index contributed by atoms with van der Waals surface area (Å²) in [5.41, 5.74) is 1.20. The van der Waals surface area contributed by atoms with Crippen molar-refractivity contribution in [1.82, 2.24) is 0 Å². The molecule has 2 aliphatic carbocycles. The monoisotopic (exact) mass is 337 g/mol. The first-order valence-electron chi connectivity index (χ1n) is 8.00. The molecular formula is C18H23BrF. The molecule has 2 aliphatic rings. The zero-order chi connectivity index (χ0) is 13.9. The van der Waals surface area contributed by atoms with E-state index in [-0.39, 0.29) is 5.82 Å². The number of halogens is 2. The normalized spacial score (nSPS) is 28.5. The molecule has 0 nitrogen and oxygen atoms in total. The molecule has 2 heteroatoms. The maximum absolute atomic E-state index is 13.7. The van der Waals surface area contributed by atoms with Crippen molar-refractivity contribution in [2.45, 2.75) is 57.3 Å². The van der Waals surface area contributed by atoms with Gasteiger partial charge in [-0.2, -0.15) is 0 Å². The molecule has 2 fully saturated rings. The standard InChI is InChI=1S/C18H23BrF/c19-17-11-10-16(12-18(17)20)15-8-6-14(7-9-15)13-4-2-1-3-5-13/h1,10-15H,2-9H2. The van der Waals surface area contributed by atoms with E-state index in [0.29, 0.717) is 10.4 Å². The molecule has 0 N–H and O–H groups in total. The lowest BCUT2D eigenvalue weighted by molar-refractivity contribution is 0.199. The van der Waals surface area contributed by atoms with Gasteiger partial charge in [-0.05, 0) is 109 Å². The van der Waals surface area contributed by atoms with Gasteiger partial charge in [-0.1, -0.05) is 6.07 Å². The highest BCUT2D eigenvalue weighted by Crippen LogP contribution is 2.43. The smallest absolute Gasteiger partial charge is 0.137 e. The van der Waals surface area contributed by atoms with Crippen molar-refractivity contribution < 1.29 is 4.39 Å². The summed E-state index contributed by atoms with van der Waals surface area (Å²) in [6.07, 6.45) is 13.1. The largest absolute Gasteiger partial charge is 0.206 e. The quantitative estimate of drug-likeness (QED) is 0.597. The van der Waals surface area contributed by atoms with Crippen LogP contribution in [0.1, 0.15) is 62.8 Å². The van der Waals surface area contributed by atoms with Gasteiger partial charge in [0.1, 0.15) is 5.82 Å². The minimum absolute atomic E-state index is 0.118. The van der Waals surface area contributed by atoms with Gasteiger partial charge in [-0.25, -0.2) is 4.39 Å². The fourth-order valence-electron chi connectivity index (χ4n) is 4.11. The zero-order valence-electron chi connectivity index (χ0n) is 12.0. The van der Waals surface area contributed by atoms with Crippen LogP contribution in [-0.4, -0.2) is 0 Å². The van der Waals surface area contributed by atoms with E-state index in [1.165, 1.54) is 56.9 Å². The summed E-state index contributed by atoms with van der Waals surface area (Å²) in [5.74, 6) is 2.35. The van der Waals surface area contributed by atoms with Gasteiger partial charge in [0.2, 0.25) is 0 Å². The second-order valence-electron chi connectivity index (χ2n) is 6.49. The summed E-state index contributed by atoms with van der Waals surface area (Å²) < 4.78 is 14.2. The molecule has 0 heterocycles. The van der Waals surface area contributed by atoms with Crippen molar-refractivity contribution in [3.63, 3.8) is 0 Å². The van der Waals surface area contributed by atoms with Crippen LogP contribution in [0.2, 0.25) is 0 Å². The lowest BCUT2D eigenvalue weighted by Gasteiger charge is -2.36. The molecule has 0 saturated heterocycles. The summed E-state index contributed by atoms with van der Waals surface area (Å²) in [6, 6.07) is 5.67. The third kappa shape index (κ3) is 3.27. The lowest BCUT2D eigenvalue weighted by atomic mass is 9.70. The van der Waals surface area contributed by atoms with Crippen LogP contribution >= 0.6 is 15.9 Å². The van der Waals surface area contributed by atoms with Crippen molar-refractivity contribution in [2.75, 3.05) is 0 Å². The molecule has 3 rings (SSSR count). The number of rotatable bonds is 2. The van der Waals surface area contributed by atoms with E-state index in [1.54, 1.807) is 6.07 Å². The third-order valence-corrected chi connectivity index (χ3v) is 5.98. The van der Waals surface area contributed by atoms with Gasteiger partial charge in [0.15, 0.2) is 0 Å². The SMILES string of the molecule is Fc1cc(C2CCC(C3CC[CH]CC3)CC2)ccc1Br. The van der Waals surface area contributed by atoms with Gasteiger partial charge in [0, 0.05) is 0 Å². The van der Waals surface area contributed by atoms with Crippen LogP contribution in [0, 0.1) is 24.1 Å². The van der Waals surface area contributed by atoms with Crippen LogP contribution in [-0.2, 0) is 0 Å². The summed E-state index contributed by atoms with van der Waals surface area (Å²) in [5, 5.41) is 0. The predicted molar refractivity (Wildman–Crippen MR) is 85.1 cm³/mol. The fourth-order valence-corrected chi connectivity index (χ4v) is 4.36. The summed E-state index contributed by atoms with van der Waals surface area (Å²) >= 11 is 3.24. The molecule has 1 aromatic carbocycles. The number of hydrogen-bond donors (Lipinski definition) is 0. The molecule has 0 aliphatic heterocycles. The Bertz CT molecular complexity index is 443. The highest BCUT2D eigenvalue weighted by atomic mass is 79.9. The Morgan fingerprint density at radius 2 is 1.55 bits per heavy atom. The molecule has 0 unspecified atom stereocenters. The average Bonchev–Trinajstić information content (AvgIpc) is 2.51. The molecule has 109 valence electrons. The van der Waals surface area contributed by atoms with Crippen molar-refractivity contribution in [1.29, 1.82) is 0 Å². The summed E-state index contributed by atoms with van der Waals surface area (Å²) in [6.45, 7) is 0. The van der Waals surface area contributed by atoms with Crippen LogP contribution in [0.25, 0.3) is 0 Å². The first kappa shape index (κ1) is 14.6. The Balaban J connectivity index is 1.58.